The average Bonchev–Trinajstić information content (AvgIpc) is 2.48. The third-order valence-electron chi connectivity index (χ3n) is 3.94. The van der Waals surface area contributed by atoms with Crippen molar-refractivity contribution in [2.75, 3.05) is 24.7 Å². The van der Waals surface area contributed by atoms with Gasteiger partial charge in [0.2, 0.25) is 0 Å². The summed E-state index contributed by atoms with van der Waals surface area (Å²) < 4.78 is 0. The number of rotatable bonds is 3. The van der Waals surface area contributed by atoms with Gasteiger partial charge in [-0.25, -0.2) is 9.97 Å². The molecule has 1 N–H and O–H groups in total. The summed E-state index contributed by atoms with van der Waals surface area (Å²) >= 11 is 1.92. The maximum absolute atomic E-state index is 12.9. The molecule has 0 aromatic carbocycles. The maximum atomic E-state index is 12.9. The number of nitrogens with one attached hydrogen (secondary N) is 1. The van der Waals surface area contributed by atoms with Crippen LogP contribution in [0.4, 0.5) is 5.69 Å². The lowest BCUT2D eigenvalue weighted by Crippen LogP contribution is -2.48. The van der Waals surface area contributed by atoms with E-state index >= 15 is 0 Å². The minimum atomic E-state index is 0.00306. The Bertz CT molecular complexity index is 520. The van der Waals surface area contributed by atoms with Gasteiger partial charge in [0.1, 0.15) is 5.82 Å². The zero-order valence-electron chi connectivity index (χ0n) is 13.4. The van der Waals surface area contributed by atoms with Crippen LogP contribution in [0.2, 0.25) is 0 Å². The fourth-order valence-electron chi connectivity index (χ4n) is 2.38. The Morgan fingerprint density at radius 3 is 2.81 bits per heavy atom. The minimum Gasteiger partial charge on any atom is -0.385 e. The number of nitrogens with zero attached hydrogens (tertiary/aromatic N) is 3. The van der Waals surface area contributed by atoms with E-state index in [9.17, 15) is 4.79 Å². The molecule has 1 amide bonds. The SMILES string of the molecule is CNc1cnc(C(C)C)nc1C(=O)N1CCSC(C)C1C. The molecule has 2 atom stereocenters. The molecule has 0 radical (unpaired) electrons. The lowest BCUT2D eigenvalue weighted by molar-refractivity contribution is 0.0692. The molecule has 0 spiro atoms. The molecule has 2 rings (SSSR count). The van der Waals surface area contributed by atoms with Crippen molar-refractivity contribution < 1.29 is 4.79 Å². The zero-order chi connectivity index (χ0) is 15.6. The van der Waals surface area contributed by atoms with Gasteiger partial charge < -0.3 is 10.2 Å². The lowest BCUT2D eigenvalue weighted by Gasteiger charge is -2.37. The molecule has 1 aromatic heterocycles. The molecule has 1 aliphatic rings. The number of thioether (sulfide) groups is 1. The van der Waals surface area contributed by atoms with E-state index in [-0.39, 0.29) is 17.9 Å². The van der Waals surface area contributed by atoms with Crippen molar-refractivity contribution in [2.45, 2.75) is 44.9 Å². The van der Waals surface area contributed by atoms with Gasteiger partial charge in [-0.3, -0.25) is 4.79 Å². The molecule has 0 bridgehead atoms. The van der Waals surface area contributed by atoms with Crippen LogP contribution in [-0.4, -0.2) is 51.4 Å². The molecule has 2 unspecified atom stereocenters. The Labute approximate surface area is 130 Å². The molecular formula is C15H24N4OS. The van der Waals surface area contributed by atoms with Crippen molar-refractivity contribution in [2.24, 2.45) is 0 Å². The molecule has 1 aromatic rings. The molecular weight excluding hydrogens is 284 g/mol. The first-order chi connectivity index (χ1) is 9.95. The first kappa shape index (κ1) is 16.1. The predicted molar refractivity (Wildman–Crippen MR) is 88.1 cm³/mol. The van der Waals surface area contributed by atoms with E-state index in [0.717, 1.165) is 12.3 Å². The Morgan fingerprint density at radius 2 is 2.19 bits per heavy atom. The van der Waals surface area contributed by atoms with Crippen molar-refractivity contribution in [3.05, 3.63) is 17.7 Å². The summed E-state index contributed by atoms with van der Waals surface area (Å²) in [5.74, 6) is 1.90. The molecule has 1 aliphatic heterocycles. The normalized spacial score (nSPS) is 22.5. The molecule has 1 saturated heterocycles. The van der Waals surface area contributed by atoms with Crippen molar-refractivity contribution >= 4 is 23.4 Å². The highest BCUT2D eigenvalue weighted by molar-refractivity contribution is 8.00. The smallest absolute Gasteiger partial charge is 0.275 e. The van der Waals surface area contributed by atoms with E-state index in [1.807, 2.05) is 30.5 Å². The fourth-order valence-corrected chi connectivity index (χ4v) is 3.47. The summed E-state index contributed by atoms with van der Waals surface area (Å²) in [5, 5.41) is 3.48. The van der Waals surface area contributed by atoms with Gasteiger partial charge in [0.15, 0.2) is 5.69 Å². The molecule has 116 valence electrons. The van der Waals surface area contributed by atoms with E-state index in [1.54, 1.807) is 13.2 Å². The topological polar surface area (TPSA) is 58.1 Å². The first-order valence-electron chi connectivity index (χ1n) is 7.43. The van der Waals surface area contributed by atoms with Crippen molar-refractivity contribution in [1.29, 1.82) is 0 Å². The van der Waals surface area contributed by atoms with Gasteiger partial charge in [-0.05, 0) is 6.92 Å². The quantitative estimate of drug-likeness (QED) is 0.930. The van der Waals surface area contributed by atoms with Crippen LogP contribution in [0.3, 0.4) is 0 Å². The standard InChI is InChI=1S/C15H24N4OS/c1-9(2)14-17-8-12(16-5)13(18-14)15(20)19-6-7-21-11(4)10(19)3/h8-11,16H,6-7H2,1-5H3. The van der Waals surface area contributed by atoms with Crippen molar-refractivity contribution in [1.82, 2.24) is 14.9 Å². The van der Waals surface area contributed by atoms with E-state index in [1.165, 1.54) is 0 Å². The minimum absolute atomic E-state index is 0.00306. The van der Waals surface area contributed by atoms with Crippen LogP contribution in [0, 0.1) is 0 Å². The summed E-state index contributed by atoms with van der Waals surface area (Å²) in [6.07, 6.45) is 1.71. The average molecular weight is 308 g/mol. The maximum Gasteiger partial charge on any atom is 0.275 e. The van der Waals surface area contributed by atoms with Gasteiger partial charge in [0.25, 0.3) is 5.91 Å². The summed E-state index contributed by atoms with van der Waals surface area (Å²) in [5.41, 5.74) is 1.18. The number of carbonyl (C=O) groups is 1. The summed E-state index contributed by atoms with van der Waals surface area (Å²) in [4.78, 5) is 23.7. The van der Waals surface area contributed by atoms with Gasteiger partial charge in [0, 0.05) is 36.6 Å². The number of amides is 1. The third kappa shape index (κ3) is 3.31. The second kappa shape index (κ2) is 6.64. The monoisotopic (exact) mass is 308 g/mol. The van der Waals surface area contributed by atoms with E-state index in [0.29, 0.717) is 22.5 Å². The number of anilines is 1. The number of aromatic nitrogens is 2. The van der Waals surface area contributed by atoms with Crippen LogP contribution in [0.1, 0.15) is 49.9 Å². The molecule has 21 heavy (non-hydrogen) atoms. The Morgan fingerprint density at radius 1 is 1.48 bits per heavy atom. The second-order valence-electron chi connectivity index (χ2n) is 5.71. The van der Waals surface area contributed by atoms with Crippen LogP contribution in [0.25, 0.3) is 0 Å². The molecule has 5 nitrogen and oxygen atoms in total. The van der Waals surface area contributed by atoms with Gasteiger partial charge in [0.05, 0.1) is 11.9 Å². The van der Waals surface area contributed by atoms with Crippen molar-refractivity contribution in [3.8, 4) is 0 Å². The van der Waals surface area contributed by atoms with Crippen molar-refractivity contribution in [3.63, 3.8) is 0 Å². The van der Waals surface area contributed by atoms with Gasteiger partial charge in [-0.1, -0.05) is 20.8 Å². The fraction of sp³-hybridized carbons (Fsp3) is 0.667. The lowest BCUT2D eigenvalue weighted by atomic mass is 10.1. The Kier molecular flexibility index (Phi) is 5.08. The molecule has 6 heteroatoms. The molecule has 2 heterocycles. The highest BCUT2D eigenvalue weighted by Crippen LogP contribution is 2.27. The third-order valence-corrected chi connectivity index (χ3v) is 5.28. The largest absolute Gasteiger partial charge is 0.385 e. The van der Waals surface area contributed by atoms with Gasteiger partial charge >= 0.3 is 0 Å². The summed E-state index contributed by atoms with van der Waals surface area (Å²) in [7, 11) is 1.79. The number of hydrogen-bond donors (Lipinski definition) is 1. The second-order valence-corrected chi connectivity index (χ2v) is 7.20. The summed E-state index contributed by atoms with van der Waals surface area (Å²) in [6.45, 7) is 9.13. The van der Waals surface area contributed by atoms with Gasteiger partial charge in [-0.15, -0.1) is 0 Å². The van der Waals surface area contributed by atoms with E-state index in [4.69, 9.17) is 0 Å². The molecule has 0 aliphatic carbocycles. The molecule has 0 saturated carbocycles. The van der Waals surface area contributed by atoms with Gasteiger partial charge in [-0.2, -0.15) is 11.8 Å². The zero-order valence-corrected chi connectivity index (χ0v) is 14.2. The van der Waals surface area contributed by atoms with Crippen LogP contribution < -0.4 is 5.32 Å². The summed E-state index contributed by atoms with van der Waals surface area (Å²) in [6, 6.07) is 0.221. The van der Waals surface area contributed by atoms with Crippen LogP contribution >= 0.6 is 11.8 Å². The van der Waals surface area contributed by atoms with Crippen LogP contribution in [0.15, 0.2) is 6.20 Å². The number of hydrogen-bond acceptors (Lipinski definition) is 5. The number of carbonyl (C=O) groups excluding carboxylic acids is 1. The van der Waals surface area contributed by atoms with Crippen LogP contribution in [0.5, 0.6) is 0 Å². The highest BCUT2D eigenvalue weighted by Gasteiger charge is 2.31. The molecule has 1 fully saturated rings. The first-order valence-corrected chi connectivity index (χ1v) is 8.47. The van der Waals surface area contributed by atoms with Crippen LogP contribution in [-0.2, 0) is 0 Å². The Hall–Kier alpha value is -1.30. The van der Waals surface area contributed by atoms with E-state index < -0.39 is 0 Å². The van der Waals surface area contributed by atoms with E-state index in [2.05, 4.69) is 29.1 Å². The predicted octanol–water partition coefficient (Wildman–Crippen LogP) is 2.61. The highest BCUT2D eigenvalue weighted by atomic mass is 32.2. The Balaban J connectivity index is 2.35.